The molecule has 0 fully saturated rings. The summed E-state index contributed by atoms with van der Waals surface area (Å²) >= 11 is 3.57. The Balaban J connectivity index is 2.23. The molecule has 0 aliphatic heterocycles. The topological polar surface area (TPSA) is 0 Å². The molecule has 2 heteroatoms. The Morgan fingerprint density at radius 1 is 1.11 bits per heavy atom. The van der Waals surface area contributed by atoms with E-state index in [2.05, 4.69) is 41.1 Å². The van der Waals surface area contributed by atoms with Crippen molar-refractivity contribution < 1.29 is 4.39 Å². The third kappa shape index (κ3) is 3.20. The fourth-order valence-corrected chi connectivity index (χ4v) is 2.82. The molecule has 0 spiro atoms. The predicted octanol–water partition coefficient (Wildman–Crippen LogP) is 4.86. The van der Waals surface area contributed by atoms with Gasteiger partial charge < -0.3 is 0 Å². The molecule has 2 rings (SSSR count). The molecule has 1 unspecified atom stereocenters. The molecular formula is C16H16BrF. The lowest BCUT2D eigenvalue weighted by Crippen LogP contribution is -2.06. The van der Waals surface area contributed by atoms with Crippen LogP contribution in [-0.4, -0.2) is 5.33 Å². The first-order valence-electron chi connectivity index (χ1n) is 6.06. The van der Waals surface area contributed by atoms with Crippen molar-refractivity contribution in [3.8, 4) is 0 Å². The van der Waals surface area contributed by atoms with Crippen molar-refractivity contribution in [2.24, 2.45) is 0 Å². The fraction of sp³-hybridized carbons (Fsp3) is 0.250. The molecule has 0 N–H and O–H groups in total. The molecule has 2 aromatic carbocycles. The molecule has 0 radical (unpaired) electrons. The first-order chi connectivity index (χ1) is 8.70. The van der Waals surface area contributed by atoms with Crippen molar-refractivity contribution in [1.82, 2.24) is 0 Å². The van der Waals surface area contributed by atoms with Crippen LogP contribution >= 0.6 is 15.9 Å². The Kier molecular flexibility index (Phi) is 4.54. The average molecular weight is 307 g/mol. The molecule has 0 saturated carbocycles. The SMILES string of the molecule is Cc1ccccc1C(CBr)Cc1cccc(F)c1. The second kappa shape index (κ2) is 6.14. The summed E-state index contributed by atoms with van der Waals surface area (Å²) in [4.78, 5) is 0. The quantitative estimate of drug-likeness (QED) is 0.708. The third-order valence-corrected chi connectivity index (χ3v) is 3.97. The molecule has 0 heterocycles. The van der Waals surface area contributed by atoms with Gasteiger partial charge in [0.2, 0.25) is 0 Å². The summed E-state index contributed by atoms with van der Waals surface area (Å²) < 4.78 is 13.2. The summed E-state index contributed by atoms with van der Waals surface area (Å²) in [7, 11) is 0. The molecule has 0 aromatic heterocycles. The minimum atomic E-state index is -0.161. The molecule has 0 nitrogen and oxygen atoms in total. The van der Waals surface area contributed by atoms with Crippen molar-refractivity contribution in [2.75, 3.05) is 5.33 Å². The summed E-state index contributed by atoms with van der Waals surface area (Å²) in [5.41, 5.74) is 3.67. The van der Waals surface area contributed by atoms with Crippen LogP contribution < -0.4 is 0 Å². The van der Waals surface area contributed by atoms with E-state index in [4.69, 9.17) is 0 Å². The number of hydrogen-bond donors (Lipinski definition) is 0. The highest BCUT2D eigenvalue weighted by molar-refractivity contribution is 9.09. The van der Waals surface area contributed by atoms with Crippen LogP contribution in [0, 0.1) is 12.7 Å². The minimum Gasteiger partial charge on any atom is -0.207 e. The lowest BCUT2D eigenvalue weighted by atomic mass is 9.91. The number of benzene rings is 2. The standard InChI is InChI=1S/C16H16BrF/c1-12-5-2-3-8-16(12)14(11-17)9-13-6-4-7-15(18)10-13/h2-8,10,14H,9,11H2,1H3. The summed E-state index contributed by atoms with van der Waals surface area (Å²) in [6.07, 6.45) is 0.855. The van der Waals surface area contributed by atoms with Gasteiger partial charge in [0.05, 0.1) is 0 Å². The Morgan fingerprint density at radius 2 is 1.89 bits per heavy atom. The monoisotopic (exact) mass is 306 g/mol. The first kappa shape index (κ1) is 13.3. The van der Waals surface area contributed by atoms with Gasteiger partial charge in [0.25, 0.3) is 0 Å². The second-order valence-electron chi connectivity index (χ2n) is 4.54. The molecule has 0 amide bonds. The largest absolute Gasteiger partial charge is 0.207 e. The van der Waals surface area contributed by atoms with E-state index >= 15 is 0 Å². The molecule has 1 atom stereocenters. The maximum absolute atomic E-state index is 13.2. The maximum atomic E-state index is 13.2. The van der Waals surface area contributed by atoms with Gasteiger partial charge in [-0.25, -0.2) is 4.39 Å². The zero-order valence-electron chi connectivity index (χ0n) is 10.4. The Morgan fingerprint density at radius 3 is 2.56 bits per heavy atom. The summed E-state index contributed by atoms with van der Waals surface area (Å²) in [6, 6.07) is 15.2. The molecular weight excluding hydrogens is 291 g/mol. The van der Waals surface area contributed by atoms with Gasteiger partial charge in [0.15, 0.2) is 0 Å². The van der Waals surface area contributed by atoms with Gasteiger partial charge in [-0.1, -0.05) is 52.3 Å². The molecule has 0 aliphatic carbocycles. The van der Waals surface area contributed by atoms with Crippen LogP contribution in [0.2, 0.25) is 0 Å². The Hall–Kier alpha value is -1.15. The van der Waals surface area contributed by atoms with E-state index in [0.29, 0.717) is 5.92 Å². The summed E-state index contributed by atoms with van der Waals surface area (Å²) in [5, 5.41) is 0.883. The highest BCUT2D eigenvalue weighted by atomic mass is 79.9. The zero-order valence-corrected chi connectivity index (χ0v) is 12.0. The van der Waals surface area contributed by atoms with Crippen molar-refractivity contribution in [2.45, 2.75) is 19.3 Å². The number of halogens is 2. The average Bonchev–Trinajstić information content (AvgIpc) is 2.37. The van der Waals surface area contributed by atoms with Crippen molar-refractivity contribution in [3.63, 3.8) is 0 Å². The van der Waals surface area contributed by atoms with Gasteiger partial charge in [-0.2, -0.15) is 0 Å². The number of aryl methyl sites for hydroxylation is 1. The van der Waals surface area contributed by atoms with E-state index in [1.807, 2.05) is 12.1 Å². The van der Waals surface area contributed by atoms with E-state index < -0.39 is 0 Å². The first-order valence-corrected chi connectivity index (χ1v) is 7.19. The highest BCUT2D eigenvalue weighted by Crippen LogP contribution is 2.25. The molecule has 2 aromatic rings. The van der Waals surface area contributed by atoms with Crippen molar-refractivity contribution in [3.05, 3.63) is 71.0 Å². The van der Waals surface area contributed by atoms with E-state index in [-0.39, 0.29) is 5.82 Å². The van der Waals surface area contributed by atoms with Crippen LogP contribution in [0.4, 0.5) is 4.39 Å². The lowest BCUT2D eigenvalue weighted by Gasteiger charge is -2.17. The van der Waals surface area contributed by atoms with Crippen LogP contribution in [0.5, 0.6) is 0 Å². The van der Waals surface area contributed by atoms with E-state index in [9.17, 15) is 4.39 Å². The van der Waals surface area contributed by atoms with Crippen LogP contribution in [0.25, 0.3) is 0 Å². The molecule has 18 heavy (non-hydrogen) atoms. The predicted molar refractivity (Wildman–Crippen MR) is 77.8 cm³/mol. The van der Waals surface area contributed by atoms with Crippen molar-refractivity contribution >= 4 is 15.9 Å². The Bertz CT molecular complexity index is 522. The maximum Gasteiger partial charge on any atom is 0.123 e. The van der Waals surface area contributed by atoms with Gasteiger partial charge >= 0.3 is 0 Å². The van der Waals surface area contributed by atoms with Crippen LogP contribution in [0.1, 0.15) is 22.6 Å². The van der Waals surface area contributed by atoms with Gasteiger partial charge in [-0.3, -0.25) is 0 Å². The van der Waals surface area contributed by atoms with Gasteiger partial charge in [-0.05, 0) is 48.1 Å². The number of rotatable bonds is 4. The zero-order chi connectivity index (χ0) is 13.0. The van der Waals surface area contributed by atoms with E-state index in [0.717, 1.165) is 17.3 Å². The smallest absolute Gasteiger partial charge is 0.123 e. The van der Waals surface area contributed by atoms with Gasteiger partial charge in [-0.15, -0.1) is 0 Å². The van der Waals surface area contributed by atoms with E-state index in [1.54, 1.807) is 12.1 Å². The Labute approximate surface area is 116 Å². The fourth-order valence-electron chi connectivity index (χ4n) is 2.24. The minimum absolute atomic E-state index is 0.161. The summed E-state index contributed by atoms with van der Waals surface area (Å²) in [5.74, 6) is 0.221. The van der Waals surface area contributed by atoms with E-state index in [1.165, 1.54) is 17.2 Å². The molecule has 0 bridgehead atoms. The molecule has 0 aliphatic rings. The second-order valence-corrected chi connectivity index (χ2v) is 5.19. The van der Waals surface area contributed by atoms with Crippen LogP contribution in [0.15, 0.2) is 48.5 Å². The van der Waals surface area contributed by atoms with Crippen LogP contribution in [-0.2, 0) is 6.42 Å². The molecule has 0 saturated heterocycles. The molecule has 94 valence electrons. The third-order valence-electron chi connectivity index (χ3n) is 3.19. The van der Waals surface area contributed by atoms with Crippen LogP contribution in [0.3, 0.4) is 0 Å². The van der Waals surface area contributed by atoms with Crippen molar-refractivity contribution in [1.29, 1.82) is 0 Å². The van der Waals surface area contributed by atoms with Gasteiger partial charge in [0.1, 0.15) is 5.82 Å². The number of hydrogen-bond acceptors (Lipinski definition) is 0. The summed E-state index contributed by atoms with van der Waals surface area (Å²) in [6.45, 7) is 2.12. The normalized spacial score (nSPS) is 12.4. The van der Waals surface area contributed by atoms with Gasteiger partial charge in [0, 0.05) is 5.33 Å². The number of alkyl halides is 1. The lowest BCUT2D eigenvalue weighted by molar-refractivity contribution is 0.623. The highest BCUT2D eigenvalue weighted by Gasteiger charge is 2.13.